The van der Waals surface area contributed by atoms with Gasteiger partial charge in [0, 0.05) is 18.2 Å². The smallest absolute Gasteiger partial charge is 0.305 e. The zero-order chi connectivity index (χ0) is 17.6. The van der Waals surface area contributed by atoms with Crippen LogP contribution in [-0.4, -0.2) is 42.1 Å². The number of nitro benzene ring substituents is 1. The van der Waals surface area contributed by atoms with Gasteiger partial charge in [0.05, 0.1) is 16.2 Å². The van der Waals surface area contributed by atoms with E-state index in [1.165, 1.54) is 0 Å². The highest BCUT2D eigenvalue weighted by Gasteiger charge is 2.22. The summed E-state index contributed by atoms with van der Waals surface area (Å²) in [6.07, 6.45) is 0.0371. The fraction of sp³-hybridized carbons (Fsp3) is 0.385. The van der Waals surface area contributed by atoms with Crippen LogP contribution in [0.4, 0.5) is 5.69 Å². The molecule has 0 saturated heterocycles. The van der Waals surface area contributed by atoms with Crippen LogP contribution in [0.1, 0.15) is 19.8 Å². The molecular weight excluding hydrogens is 328 g/mol. The molecule has 1 aromatic carbocycles. The van der Waals surface area contributed by atoms with Crippen LogP contribution < -0.4 is 5.32 Å². The minimum Gasteiger partial charge on any atom is -0.481 e. The van der Waals surface area contributed by atoms with Gasteiger partial charge in [0.2, 0.25) is 5.91 Å². The van der Waals surface area contributed by atoms with E-state index in [0.717, 1.165) is 24.3 Å². The highest BCUT2D eigenvalue weighted by atomic mass is 32.2. The molecule has 0 radical (unpaired) electrons. The summed E-state index contributed by atoms with van der Waals surface area (Å²) in [5, 5.41) is 21.6. The molecule has 0 heterocycles. The normalized spacial score (nSPS) is 12.4. The van der Waals surface area contributed by atoms with Crippen LogP contribution >= 0.6 is 0 Å². The van der Waals surface area contributed by atoms with E-state index in [9.17, 15) is 28.1 Å². The fourth-order valence-electron chi connectivity index (χ4n) is 1.81. The number of carbonyl (C=O) groups excluding carboxylic acids is 1. The Balaban J connectivity index is 2.79. The minimum atomic E-state index is -3.97. The molecule has 0 aromatic heterocycles. The lowest BCUT2D eigenvalue weighted by Crippen LogP contribution is -2.39. The third-order valence-electron chi connectivity index (χ3n) is 3.01. The Hall–Kier alpha value is -2.49. The van der Waals surface area contributed by atoms with Crippen molar-refractivity contribution in [2.45, 2.75) is 30.7 Å². The molecule has 10 heteroatoms. The number of carboxylic acid groups (broad SMARTS) is 1. The molecular formula is C13H16N2O7S. The van der Waals surface area contributed by atoms with Gasteiger partial charge in [0.15, 0.2) is 9.84 Å². The number of nitrogens with one attached hydrogen (secondary N) is 1. The number of rotatable bonds is 8. The predicted octanol–water partition coefficient (Wildman–Crippen LogP) is 0.738. The zero-order valence-corrected chi connectivity index (χ0v) is 13.1. The van der Waals surface area contributed by atoms with Crippen LogP contribution in [0.3, 0.4) is 0 Å². The summed E-state index contributed by atoms with van der Waals surface area (Å²) < 4.78 is 24.1. The van der Waals surface area contributed by atoms with E-state index in [2.05, 4.69) is 5.32 Å². The van der Waals surface area contributed by atoms with Crippen molar-refractivity contribution in [3.05, 3.63) is 34.4 Å². The van der Waals surface area contributed by atoms with Crippen LogP contribution in [0.5, 0.6) is 0 Å². The van der Waals surface area contributed by atoms with E-state index < -0.39 is 38.4 Å². The molecule has 9 nitrogen and oxygen atoms in total. The number of hydrogen-bond donors (Lipinski definition) is 2. The second kappa shape index (κ2) is 7.68. The molecule has 1 amide bonds. The van der Waals surface area contributed by atoms with Crippen LogP contribution in [-0.2, 0) is 19.4 Å². The number of amides is 1. The van der Waals surface area contributed by atoms with Crippen LogP contribution in [0.15, 0.2) is 29.2 Å². The standard InChI is InChI=1S/C13H16N2O7S/c1-2-9(7-13(17)18)14-12(16)8-23(21,22)11-5-3-10(4-6-11)15(19)20/h3-6,9H,2,7-8H2,1H3,(H,14,16)(H,17,18). The van der Waals surface area contributed by atoms with Gasteiger partial charge in [-0.15, -0.1) is 0 Å². The molecule has 126 valence electrons. The van der Waals surface area contributed by atoms with Gasteiger partial charge in [-0.05, 0) is 18.6 Å². The van der Waals surface area contributed by atoms with E-state index in [1.807, 2.05) is 0 Å². The quantitative estimate of drug-likeness (QED) is 0.522. The highest BCUT2D eigenvalue weighted by Crippen LogP contribution is 2.17. The van der Waals surface area contributed by atoms with Crippen molar-refractivity contribution in [3.63, 3.8) is 0 Å². The Kier molecular flexibility index (Phi) is 6.19. The second-order valence-electron chi connectivity index (χ2n) is 4.78. The third kappa shape index (κ3) is 5.66. The number of sulfone groups is 1. The molecule has 1 rings (SSSR count). The van der Waals surface area contributed by atoms with E-state index in [0.29, 0.717) is 6.42 Å². The van der Waals surface area contributed by atoms with E-state index in [4.69, 9.17) is 5.11 Å². The third-order valence-corrected chi connectivity index (χ3v) is 4.64. The predicted molar refractivity (Wildman–Crippen MR) is 79.6 cm³/mol. The number of nitro groups is 1. The average molecular weight is 344 g/mol. The number of carbonyl (C=O) groups is 2. The van der Waals surface area contributed by atoms with Crippen molar-refractivity contribution >= 4 is 27.4 Å². The molecule has 1 aromatic rings. The number of nitrogens with zero attached hydrogens (tertiary/aromatic N) is 1. The number of aliphatic carboxylic acids is 1. The summed E-state index contributed by atoms with van der Waals surface area (Å²) in [7, 11) is -3.97. The summed E-state index contributed by atoms with van der Waals surface area (Å²) in [5.74, 6) is -2.78. The lowest BCUT2D eigenvalue weighted by molar-refractivity contribution is -0.384. The number of carboxylic acids is 1. The van der Waals surface area contributed by atoms with E-state index >= 15 is 0 Å². The number of non-ortho nitro benzene ring substituents is 1. The van der Waals surface area contributed by atoms with Gasteiger partial charge in [-0.25, -0.2) is 8.42 Å². The Labute approximate surface area is 132 Å². The SMILES string of the molecule is CCC(CC(=O)O)NC(=O)CS(=O)(=O)c1ccc([N+](=O)[O-])cc1. The van der Waals surface area contributed by atoms with Gasteiger partial charge >= 0.3 is 5.97 Å². The summed E-state index contributed by atoms with van der Waals surface area (Å²) >= 11 is 0. The zero-order valence-electron chi connectivity index (χ0n) is 12.3. The van der Waals surface area contributed by atoms with Crippen LogP contribution in [0, 0.1) is 10.1 Å². The monoisotopic (exact) mass is 344 g/mol. The van der Waals surface area contributed by atoms with Crippen LogP contribution in [0.2, 0.25) is 0 Å². The molecule has 0 fully saturated rings. The maximum atomic E-state index is 12.1. The van der Waals surface area contributed by atoms with Crippen molar-refractivity contribution in [2.24, 2.45) is 0 Å². The molecule has 0 bridgehead atoms. The Morgan fingerprint density at radius 1 is 1.30 bits per heavy atom. The lowest BCUT2D eigenvalue weighted by atomic mass is 10.1. The molecule has 2 N–H and O–H groups in total. The molecule has 0 saturated carbocycles. The molecule has 0 aliphatic rings. The van der Waals surface area contributed by atoms with Gasteiger partial charge in [0.25, 0.3) is 5.69 Å². The largest absolute Gasteiger partial charge is 0.481 e. The molecule has 0 aliphatic carbocycles. The number of hydrogen-bond acceptors (Lipinski definition) is 6. The fourth-order valence-corrected chi connectivity index (χ4v) is 2.95. The Morgan fingerprint density at radius 2 is 1.87 bits per heavy atom. The maximum absolute atomic E-state index is 12.1. The second-order valence-corrected chi connectivity index (χ2v) is 6.77. The van der Waals surface area contributed by atoms with Gasteiger partial charge in [-0.2, -0.15) is 0 Å². The van der Waals surface area contributed by atoms with Gasteiger partial charge < -0.3 is 10.4 Å². The highest BCUT2D eigenvalue weighted by molar-refractivity contribution is 7.92. The van der Waals surface area contributed by atoms with Crippen molar-refractivity contribution in [3.8, 4) is 0 Å². The summed E-state index contributed by atoms with van der Waals surface area (Å²) in [4.78, 5) is 32.0. The summed E-state index contributed by atoms with van der Waals surface area (Å²) in [5.41, 5.74) is -0.263. The van der Waals surface area contributed by atoms with Gasteiger partial charge in [-0.3, -0.25) is 19.7 Å². The van der Waals surface area contributed by atoms with Crippen molar-refractivity contribution in [1.29, 1.82) is 0 Å². The summed E-state index contributed by atoms with van der Waals surface area (Å²) in [6, 6.07) is 3.51. The molecule has 0 spiro atoms. The summed E-state index contributed by atoms with van der Waals surface area (Å²) in [6.45, 7) is 1.67. The van der Waals surface area contributed by atoms with E-state index in [-0.39, 0.29) is 17.0 Å². The molecule has 1 atom stereocenters. The first-order valence-electron chi connectivity index (χ1n) is 6.64. The Morgan fingerprint density at radius 3 is 2.30 bits per heavy atom. The molecule has 23 heavy (non-hydrogen) atoms. The first-order chi connectivity index (χ1) is 10.7. The molecule has 1 unspecified atom stereocenters. The van der Waals surface area contributed by atoms with Crippen LogP contribution in [0.25, 0.3) is 0 Å². The first-order valence-corrected chi connectivity index (χ1v) is 8.29. The van der Waals surface area contributed by atoms with Crippen molar-refractivity contribution < 1.29 is 28.0 Å². The van der Waals surface area contributed by atoms with Gasteiger partial charge in [0.1, 0.15) is 5.75 Å². The van der Waals surface area contributed by atoms with Crippen molar-refractivity contribution in [2.75, 3.05) is 5.75 Å². The minimum absolute atomic E-state index is 0.218. The van der Waals surface area contributed by atoms with E-state index in [1.54, 1.807) is 6.92 Å². The first kappa shape index (κ1) is 18.6. The topological polar surface area (TPSA) is 144 Å². The lowest BCUT2D eigenvalue weighted by Gasteiger charge is -2.14. The Bertz CT molecular complexity index is 698. The maximum Gasteiger partial charge on any atom is 0.305 e. The average Bonchev–Trinajstić information content (AvgIpc) is 2.45. The van der Waals surface area contributed by atoms with Gasteiger partial charge in [-0.1, -0.05) is 6.92 Å². The molecule has 0 aliphatic heterocycles. The van der Waals surface area contributed by atoms with Crippen molar-refractivity contribution in [1.82, 2.24) is 5.32 Å². The number of benzene rings is 1.